The molecule has 0 radical (unpaired) electrons. The molecule has 1 aromatic carbocycles. The number of rotatable bonds is 2. The van der Waals surface area contributed by atoms with Crippen molar-refractivity contribution in [3.8, 4) is 5.75 Å². The molecule has 0 amide bonds. The lowest BCUT2D eigenvalue weighted by molar-refractivity contribution is -0.143. The van der Waals surface area contributed by atoms with Gasteiger partial charge in [0.15, 0.2) is 11.6 Å². The van der Waals surface area contributed by atoms with Crippen molar-refractivity contribution in [1.29, 1.82) is 0 Å². The standard InChI is InChI=1S/C13H15FO3/c1-8-6-9(11(15)10(14)7-8)13(12(16)17)4-2-3-5-13/h6-7,15H,2-5H2,1H3,(H,16,17). The van der Waals surface area contributed by atoms with Crippen LogP contribution in [0.1, 0.15) is 36.8 Å². The summed E-state index contributed by atoms with van der Waals surface area (Å²) in [5, 5.41) is 19.1. The average Bonchev–Trinajstić information content (AvgIpc) is 2.73. The highest BCUT2D eigenvalue weighted by molar-refractivity contribution is 5.83. The van der Waals surface area contributed by atoms with Crippen molar-refractivity contribution in [2.45, 2.75) is 38.0 Å². The number of benzene rings is 1. The number of aromatic hydroxyl groups is 1. The third-order valence-electron chi connectivity index (χ3n) is 3.59. The van der Waals surface area contributed by atoms with E-state index in [0.717, 1.165) is 12.8 Å². The van der Waals surface area contributed by atoms with Crippen molar-refractivity contribution < 1.29 is 19.4 Å². The topological polar surface area (TPSA) is 57.5 Å². The summed E-state index contributed by atoms with van der Waals surface area (Å²) < 4.78 is 13.5. The van der Waals surface area contributed by atoms with Crippen LogP contribution in [0.15, 0.2) is 12.1 Å². The summed E-state index contributed by atoms with van der Waals surface area (Å²) in [5.74, 6) is -2.23. The summed E-state index contributed by atoms with van der Waals surface area (Å²) in [6, 6.07) is 2.79. The number of hydrogen-bond acceptors (Lipinski definition) is 2. The first-order chi connectivity index (χ1) is 7.97. The minimum atomic E-state index is -1.11. The molecule has 0 bridgehead atoms. The summed E-state index contributed by atoms with van der Waals surface area (Å²) in [6.07, 6.45) is 2.50. The molecule has 1 aliphatic rings. The van der Waals surface area contributed by atoms with Crippen LogP contribution in [-0.2, 0) is 10.2 Å². The zero-order chi connectivity index (χ0) is 12.6. The number of halogens is 1. The van der Waals surface area contributed by atoms with Crippen LogP contribution < -0.4 is 0 Å². The van der Waals surface area contributed by atoms with Gasteiger partial charge in [0.1, 0.15) is 0 Å². The molecule has 1 fully saturated rings. The van der Waals surface area contributed by atoms with Crippen LogP contribution >= 0.6 is 0 Å². The van der Waals surface area contributed by atoms with Gasteiger partial charge in [-0.05, 0) is 31.4 Å². The third-order valence-corrected chi connectivity index (χ3v) is 3.59. The molecule has 1 aliphatic carbocycles. The Kier molecular flexibility index (Phi) is 2.81. The first-order valence-electron chi connectivity index (χ1n) is 5.70. The van der Waals surface area contributed by atoms with Gasteiger partial charge in [0.05, 0.1) is 5.41 Å². The van der Waals surface area contributed by atoms with Crippen molar-refractivity contribution in [2.24, 2.45) is 0 Å². The van der Waals surface area contributed by atoms with Gasteiger partial charge in [-0.1, -0.05) is 18.9 Å². The Morgan fingerprint density at radius 1 is 1.35 bits per heavy atom. The fourth-order valence-electron chi connectivity index (χ4n) is 2.68. The van der Waals surface area contributed by atoms with Crippen molar-refractivity contribution in [2.75, 3.05) is 0 Å². The molecule has 2 N–H and O–H groups in total. The lowest BCUT2D eigenvalue weighted by Gasteiger charge is -2.25. The normalized spacial score (nSPS) is 18.2. The van der Waals surface area contributed by atoms with Crippen LogP contribution in [0, 0.1) is 12.7 Å². The smallest absolute Gasteiger partial charge is 0.314 e. The summed E-state index contributed by atoms with van der Waals surface area (Å²) in [6.45, 7) is 1.69. The predicted octanol–water partition coefficient (Wildman–Crippen LogP) is 2.74. The molecular formula is C13H15FO3. The van der Waals surface area contributed by atoms with Gasteiger partial charge in [0.2, 0.25) is 0 Å². The highest BCUT2D eigenvalue weighted by atomic mass is 19.1. The quantitative estimate of drug-likeness (QED) is 0.832. The van der Waals surface area contributed by atoms with Crippen LogP contribution in [0.3, 0.4) is 0 Å². The zero-order valence-electron chi connectivity index (χ0n) is 9.66. The Labute approximate surface area is 98.9 Å². The van der Waals surface area contributed by atoms with Gasteiger partial charge in [-0.3, -0.25) is 4.79 Å². The molecule has 0 spiro atoms. The zero-order valence-corrected chi connectivity index (χ0v) is 9.66. The van der Waals surface area contributed by atoms with E-state index < -0.39 is 23.0 Å². The maximum absolute atomic E-state index is 13.5. The molecule has 0 aliphatic heterocycles. The Hall–Kier alpha value is -1.58. The highest BCUT2D eigenvalue weighted by Gasteiger charge is 2.45. The SMILES string of the molecule is Cc1cc(F)c(O)c(C2(C(=O)O)CCCC2)c1. The third kappa shape index (κ3) is 1.77. The molecule has 0 unspecified atom stereocenters. The summed E-state index contributed by atoms with van der Waals surface area (Å²) in [4.78, 5) is 11.5. The van der Waals surface area contributed by atoms with E-state index >= 15 is 0 Å². The molecule has 0 atom stereocenters. The van der Waals surface area contributed by atoms with E-state index in [1.165, 1.54) is 6.07 Å². The van der Waals surface area contributed by atoms with Gasteiger partial charge in [-0.15, -0.1) is 0 Å². The van der Waals surface area contributed by atoms with E-state index in [1.807, 2.05) is 0 Å². The van der Waals surface area contributed by atoms with Crippen molar-refractivity contribution in [3.05, 3.63) is 29.1 Å². The predicted molar refractivity (Wildman–Crippen MR) is 60.6 cm³/mol. The maximum atomic E-state index is 13.5. The number of carboxylic acids is 1. The number of carboxylic acid groups (broad SMARTS) is 1. The van der Waals surface area contributed by atoms with Crippen LogP contribution in [0.2, 0.25) is 0 Å². The Morgan fingerprint density at radius 3 is 2.47 bits per heavy atom. The van der Waals surface area contributed by atoms with Gasteiger partial charge in [0, 0.05) is 5.56 Å². The molecule has 0 aromatic heterocycles. The number of aliphatic carboxylic acids is 1. The molecule has 2 rings (SSSR count). The summed E-state index contributed by atoms with van der Waals surface area (Å²) in [5.41, 5.74) is -0.264. The fraction of sp³-hybridized carbons (Fsp3) is 0.462. The van der Waals surface area contributed by atoms with Crippen LogP contribution in [0.4, 0.5) is 4.39 Å². The second-order valence-electron chi connectivity index (χ2n) is 4.74. The van der Waals surface area contributed by atoms with Gasteiger partial charge in [-0.2, -0.15) is 0 Å². The van der Waals surface area contributed by atoms with Gasteiger partial charge < -0.3 is 10.2 Å². The van der Waals surface area contributed by atoms with Gasteiger partial charge in [-0.25, -0.2) is 4.39 Å². The monoisotopic (exact) mass is 238 g/mol. The van der Waals surface area contributed by atoms with Crippen LogP contribution in [0.25, 0.3) is 0 Å². The van der Waals surface area contributed by atoms with E-state index in [2.05, 4.69) is 0 Å². The first-order valence-corrected chi connectivity index (χ1v) is 5.70. The largest absolute Gasteiger partial charge is 0.505 e. The minimum Gasteiger partial charge on any atom is -0.505 e. The van der Waals surface area contributed by atoms with Crippen LogP contribution in [0.5, 0.6) is 5.75 Å². The van der Waals surface area contributed by atoms with Gasteiger partial charge >= 0.3 is 5.97 Å². The molecule has 0 saturated heterocycles. The molecule has 1 saturated carbocycles. The number of phenols is 1. The average molecular weight is 238 g/mol. The van der Waals surface area contributed by atoms with Crippen molar-refractivity contribution in [1.82, 2.24) is 0 Å². The second kappa shape index (κ2) is 4.02. The Morgan fingerprint density at radius 2 is 1.94 bits per heavy atom. The summed E-state index contributed by atoms with van der Waals surface area (Å²) in [7, 11) is 0. The Bertz CT molecular complexity index is 462. The number of carbonyl (C=O) groups is 1. The van der Waals surface area contributed by atoms with Crippen molar-refractivity contribution >= 4 is 5.97 Å². The summed E-state index contributed by atoms with van der Waals surface area (Å²) >= 11 is 0. The van der Waals surface area contributed by atoms with E-state index in [-0.39, 0.29) is 5.56 Å². The lowest BCUT2D eigenvalue weighted by Crippen LogP contribution is -2.32. The Balaban J connectivity index is 2.62. The molecule has 17 heavy (non-hydrogen) atoms. The molecular weight excluding hydrogens is 223 g/mol. The molecule has 3 nitrogen and oxygen atoms in total. The van der Waals surface area contributed by atoms with Crippen molar-refractivity contribution in [3.63, 3.8) is 0 Å². The van der Waals surface area contributed by atoms with E-state index in [4.69, 9.17) is 0 Å². The van der Waals surface area contributed by atoms with Gasteiger partial charge in [0.25, 0.3) is 0 Å². The second-order valence-corrected chi connectivity index (χ2v) is 4.74. The lowest BCUT2D eigenvalue weighted by atomic mass is 9.78. The molecule has 4 heteroatoms. The first kappa shape index (κ1) is 11.9. The molecule has 1 aromatic rings. The maximum Gasteiger partial charge on any atom is 0.314 e. The van der Waals surface area contributed by atoms with E-state index in [9.17, 15) is 19.4 Å². The fourth-order valence-corrected chi connectivity index (χ4v) is 2.68. The number of aryl methyl sites for hydroxylation is 1. The van der Waals surface area contributed by atoms with E-state index in [0.29, 0.717) is 18.4 Å². The molecule has 0 heterocycles. The van der Waals surface area contributed by atoms with E-state index in [1.54, 1.807) is 13.0 Å². The number of phenolic OH excluding ortho intramolecular Hbond substituents is 1. The van der Waals surface area contributed by atoms with Crippen LogP contribution in [-0.4, -0.2) is 16.2 Å². The molecule has 92 valence electrons. The number of hydrogen-bond donors (Lipinski definition) is 2. The highest BCUT2D eigenvalue weighted by Crippen LogP contribution is 2.45. The minimum absolute atomic E-state index is 0.222.